The molecule has 1 heterocycles. The predicted octanol–water partition coefficient (Wildman–Crippen LogP) is 2.08. The van der Waals surface area contributed by atoms with Crippen molar-refractivity contribution in [3.05, 3.63) is 35.5 Å². The number of fused-ring (bicyclic) bond motifs is 1. The molecule has 0 saturated carbocycles. The van der Waals surface area contributed by atoms with Crippen LogP contribution >= 0.6 is 0 Å². The Hall–Kier alpha value is -2.10. The fraction of sp³-hybridized carbons (Fsp3) is 0.167. The molecule has 1 aromatic carbocycles. The molecule has 0 atom stereocenters. The average Bonchev–Trinajstić information content (AvgIpc) is 2.29. The van der Waals surface area contributed by atoms with Crippen molar-refractivity contribution < 1.29 is 9.90 Å². The quantitative estimate of drug-likeness (QED) is 0.805. The molecule has 82 valence electrons. The molecule has 4 nitrogen and oxygen atoms in total. The summed E-state index contributed by atoms with van der Waals surface area (Å²) >= 11 is 0. The molecular weight excluding hydrogens is 204 g/mol. The van der Waals surface area contributed by atoms with Crippen LogP contribution in [0.3, 0.4) is 0 Å². The maximum absolute atomic E-state index is 11.0. The topological polar surface area (TPSA) is 76.2 Å². The minimum Gasteiger partial charge on any atom is -0.478 e. The highest BCUT2D eigenvalue weighted by molar-refractivity contribution is 6.06. The van der Waals surface area contributed by atoms with Gasteiger partial charge in [0.15, 0.2) is 0 Å². The molecule has 0 amide bonds. The minimum atomic E-state index is -0.984. The number of nitrogens with zero attached hydrogens (tertiary/aromatic N) is 1. The monoisotopic (exact) mass is 216 g/mol. The lowest BCUT2D eigenvalue weighted by atomic mass is 10.0. The summed E-state index contributed by atoms with van der Waals surface area (Å²) in [4.78, 5) is 14.9. The Bertz CT molecular complexity index is 564. The molecule has 0 bridgehead atoms. The number of carbonyl (C=O) groups is 1. The van der Waals surface area contributed by atoms with Gasteiger partial charge in [-0.3, -0.25) is 0 Å². The number of aryl methyl sites for hydroxylation is 1. The van der Waals surface area contributed by atoms with E-state index < -0.39 is 5.97 Å². The lowest BCUT2D eigenvalue weighted by Gasteiger charge is -2.06. The average molecular weight is 216 g/mol. The number of benzene rings is 1. The highest BCUT2D eigenvalue weighted by Crippen LogP contribution is 2.24. The van der Waals surface area contributed by atoms with E-state index in [0.29, 0.717) is 16.6 Å². The molecule has 0 unspecified atom stereocenters. The van der Waals surface area contributed by atoms with Crippen LogP contribution in [0.4, 0.5) is 5.82 Å². The number of carboxylic acid groups (broad SMARTS) is 1. The summed E-state index contributed by atoms with van der Waals surface area (Å²) < 4.78 is 0. The van der Waals surface area contributed by atoms with Crippen molar-refractivity contribution in [2.45, 2.75) is 13.3 Å². The third-order valence-corrected chi connectivity index (χ3v) is 2.62. The summed E-state index contributed by atoms with van der Waals surface area (Å²) in [5.41, 5.74) is 7.05. The van der Waals surface area contributed by atoms with Crippen LogP contribution in [0.25, 0.3) is 10.8 Å². The van der Waals surface area contributed by atoms with E-state index in [4.69, 9.17) is 10.8 Å². The standard InChI is InChI=1S/C12H12N2O2/c1-2-7-3-4-8-9(5-7)11(13)14-6-10(8)12(15)16/h3-6H,2H2,1H3,(H2,13,14)(H,15,16). The van der Waals surface area contributed by atoms with Gasteiger partial charge in [0.05, 0.1) is 5.56 Å². The van der Waals surface area contributed by atoms with Gasteiger partial charge < -0.3 is 10.8 Å². The summed E-state index contributed by atoms with van der Waals surface area (Å²) in [5.74, 6) is -0.614. The van der Waals surface area contributed by atoms with E-state index in [2.05, 4.69) is 4.98 Å². The second-order valence-electron chi connectivity index (χ2n) is 3.60. The van der Waals surface area contributed by atoms with Crippen molar-refractivity contribution >= 4 is 22.6 Å². The largest absolute Gasteiger partial charge is 0.478 e. The molecule has 0 spiro atoms. The van der Waals surface area contributed by atoms with Crippen molar-refractivity contribution in [1.29, 1.82) is 0 Å². The number of anilines is 1. The van der Waals surface area contributed by atoms with E-state index in [1.807, 2.05) is 19.1 Å². The van der Waals surface area contributed by atoms with Crippen LogP contribution in [-0.4, -0.2) is 16.1 Å². The summed E-state index contributed by atoms with van der Waals surface area (Å²) in [6.45, 7) is 2.03. The molecule has 4 heteroatoms. The number of aromatic carboxylic acids is 1. The molecule has 2 rings (SSSR count). The Kier molecular flexibility index (Phi) is 2.48. The summed E-state index contributed by atoms with van der Waals surface area (Å²) in [5, 5.41) is 10.4. The van der Waals surface area contributed by atoms with Gasteiger partial charge in [-0.05, 0) is 18.1 Å². The van der Waals surface area contributed by atoms with Gasteiger partial charge in [0.1, 0.15) is 5.82 Å². The first-order valence-corrected chi connectivity index (χ1v) is 5.04. The van der Waals surface area contributed by atoms with Gasteiger partial charge in [-0.15, -0.1) is 0 Å². The fourth-order valence-corrected chi connectivity index (χ4v) is 1.70. The number of carboxylic acids is 1. The van der Waals surface area contributed by atoms with E-state index in [-0.39, 0.29) is 5.56 Å². The first-order chi connectivity index (χ1) is 7.63. The summed E-state index contributed by atoms with van der Waals surface area (Å²) in [6.07, 6.45) is 2.18. The zero-order valence-corrected chi connectivity index (χ0v) is 8.90. The second-order valence-corrected chi connectivity index (χ2v) is 3.60. The van der Waals surface area contributed by atoms with Crippen molar-refractivity contribution in [3.63, 3.8) is 0 Å². The Labute approximate surface area is 92.7 Å². The number of pyridine rings is 1. The SMILES string of the molecule is CCc1ccc2c(C(=O)O)cnc(N)c2c1. The van der Waals surface area contributed by atoms with Crippen LogP contribution in [0, 0.1) is 0 Å². The van der Waals surface area contributed by atoms with Gasteiger partial charge in [0.25, 0.3) is 0 Å². The number of hydrogen-bond donors (Lipinski definition) is 2. The number of rotatable bonds is 2. The lowest BCUT2D eigenvalue weighted by molar-refractivity contribution is 0.0698. The van der Waals surface area contributed by atoms with E-state index in [0.717, 1.165) is 12.0 Å². The van der Waals surface area contributed by atoms with Crippen molar-refractivity contribution in [1.82, 2.24) is 4.98 Å². The molecule has 1 aromatic heterocycles. The van der Waals surface area contributed by atoms with Gasteiger partial charge in [0.2, 0.25) is 0 Å². The molecule has 0 aliphatic carbocycles. The van der Waals surface area contributed by atoms with E-state index in [1.54, 1.807) is 6.07 Å². The van der Waals surface area contributed by atoms with E-state index >= 15 is 0 Å². The van der Waals surface area contributed by atoms with Crippen LogP contribution in [0.5, 0.6) is 0 Å². The van der Waals surface area contributed by atoms with E-state index in [1.165, 1.54) is 6.20 Å². The van der Waals surface area contributed by atoms with Gasteiger partial charge >= 0.3 is 5.97 Å². The fourth-order valence-electron chi connectivity index (χ4n) is 1.70. The normalized spacial score (nSPS) is 10.6. The molecule has 0 saturated heterocycles. The zero-order valence-electron chi connectivity index (χ0n) is 8.90. The first-order valence-electron chi connectivity index (χ1n) is 5.04. The number of hydrogen-bond acceptors (Lipinski definition) is 3. The third kappa shape index (κ3) is 1.58. The Morgan fingerprint density at radius 3 is 2.81 bits per heavy atom. The van der Waals surface area contributed by atoms with Gasteiger partial charge in [0, 0.05) is 17.0 Å². The van der Waals surface area contributed by atoms with Crippen molar-refractivity contribution in [2.24, 2.45) is 0 Å². The number of nitrogens with two attached hydrogens (primary N) is 1. The summed E-state index contributed by atoms with van der Waals surface area (Å²) in [6, 6.07) is 5.59. The molecule has 0 aliphatic heterocycles. The highest BCUT2D eigenvalue weighted by Gasteiger charge is 2.11. The van der Waals surface area contributed by atoms with Crippen LogP contribution < -0.4 is 5.73 Å². The molecule has 0 aliphatic rings. The summed E-state index contributed by atoms with van der Waals surface area (Å²) in [7, 11) is 0. The first kappa shape index (κ1) is 10.4. The molecule has 0 fully saturated rings. The smallest absolute Gasteiger partial charge is 0.337 e. The number of aromatic nitrogens is 1. The highest BCUT2D eigenvalue weighted by atomic mass is 16.4. The molecular formula is C12H12N2O2. The molecule has 16 heavy (non-hydrogen) atoms. The van der Waals surface area contributed by atoms with Gasteiger partial charge in [-0.1, -0.05) is 19.1 Å². The van der Waals surface area contributed by atoms with Gasteiger partial charge in [-0.25, -0.2) is 9.78 Å². The Morgan fingerprint density at radius 2 is 2.19 bits per heavy atom. The molecule has 0 radical (unpaired) electrons. The maximum atomic E-state index is 11.0. The third-order valence-electron chi connectivity index (χ3n) is 2.62. The molecule has 3 N–H and O–H groups in total. The maximum Gasteiger partial charge on any atom is 0.337 e. The lowest BCUT2D eigenvalue weighted by Crippen LogP contribution is -2.02. The van der Waals surface area contributed by atoms with Crippen molar-refractivity contribution in [2.75, 3.05) is 5.73 Å². The van der Waals surface area contributed by atoms with Gasteiger partial charge in [-0.2, -0.15) is 0 Å². The van der Waals surface area contributed by atoms with Crippen LogP contribution in [0.15, 0.2) is 24.4 Å². The number of nitrogen functional groups attached to an aromatic ring is 1. The van der Waals surface area contributed by atoms with Crippen molar-refractivity contribution in [3.8, 4) is 0 Å². The van der Waals surface area contributed by atoms with Crippen LogP contribution in [-0.2, 0) is 6.42 Å². The predicted molar refractivity (Wildman–Crippen MR) is 62.5 cm³/mol. The Balaban J connectivity index is 2.80. The minimum absolute atomic E-state index is 0.187. The Morgan fingerprint density at radius 1 is 1.44 bits per heavy atom. The second kappa shape index (κ2) is 3.81. The van der Waals surface area contributed by atoms with Crippen LogP contribution in [0.1, 0.15) is 22.8 Å². The van der Waals surface area contributed by atoms with E-state index in [9.17, 15) is 4.79 Å². The molecule has 2 aromatic rings. The zero-order chi connectivity index (χ0) is 11.7. The van der Waals surface area contributed by atoms with Crippen LogP contribution in [0.2, 0.25) is 0 Å².